The van der Waals surface area contributed by atoms with Crippen molar-refractivity contribution in [3.05, 3.63) is 34.9 Å². The molecule has 0 bridgehead atoms. The van der Waals surface area contributed by atoms with Crippen molar-refractivity contribution in [2.24, 2.45) is 0 Å². The van der Waals surface area contributed by atoms with Crippen LogP contribution in [0.15, 0.2) is 18.2 Å². The molecule has 0 spiro atoms. The highest BCUT2D eigenvalue weighted by atomic mass is 16.1. The number of rotatable bonds is 4. The van der Waals surface area contributed by atoms with Gasteiger partial charge in [-0.2, -0.15) is 0 Å². The van der Waals surface area contributed by atoms with Crippen molar-refractivity contribution in [3.8, 4) is 0 Å². The van der Waals surface area contributed by atoms with Crippen molar-refractivity contribution >= 4 is 5.78 Å². The van der Waals surface area contributed by atoms with Gasteiger partial charge in [-0.15, -0.1) is 0 Å². The first-order valence-electron chi connectivity index (χ1n) is 5.66. The fourth-order valence-corrected chi connectivity index (χ4v) is 1.68. The summed E-state index contributed by atoms with van der Waals surface area (Å²) in [5.41, 5.74) is 3.70. The molecule has 0 saturated carbocycles. The van der Waals surface area contributed by atoms with Crippen LogP contribution in [0.2, 0.25) is 0 Å². The lowest BCUT2D eigenvalue weighted by Crippen LogP contribution is -2.08. The second kappa shape index (κ2) is 5.11. The lowest BCUT2D eigenvalue weighted by Gasteiger charge is -2.12. The Hall–Kier alpha value is -1.11. The Morgan fingerprint density at radius 3 is 2.47 bits per heavy atom. The largest absolute Gasteiger partial charge is 0.299 e. The van der Waals surface area contributed by atoms with E-state index >= 15 is 0 Å². The molecule has 0 heterocycles. The third kappa shape index (κ3) is 2.92. The van der Waals surface area contributed by atoms with E-state index in [0.29, 0.717) is 12.2 Å². The summed E-state index contributed by atoms with van der Waals surface area (Å²) in [6.07, 6.45) is 1.63. The van der Waals surface area contributed by atoms with Crippen LogP contribution in [0.5, 0.6) is 0 Å². The second-order valence-electron chi connectivity index (χ2n) is 4.28. The lowest BCUT2D eigenvalue weighted by atomic mass is 9.92. The highest BCUT2D eigenvalue weighted by molar-refractivity contribution is 5.85. The van der Waals surface area contributed by atoms with E-state index in [1.165, 1.54) is 11.1 Å². The summed E-state index contributed by atoms with van der Waals surface area (Å²) >= 11 is 0. The summed E-state index contributed by atoms with van der Waals surface area (Å²) < 4.78 is 0. The van der Waals surface area contributed by atoms with Gasteiger partial charge >= 0.3 is 0 Å². The Balaban J connectivity index is 2.86. The first kappa shape index (κ1) is 12.0. The topological polar surface area (TPSA) is 17.1 Å². The molecule has 0 amide bonds. The highest BCUT2D eigenvalue weighted by Crippen LogP contribution is 2.21. The van der Waals surface area contributed by atoms with Crippen molar-refractivity contribution in [3.63, 3.8) is 0 Å². The molecule has 0 aliphatic heterocycles. The fourth-order valence-electron chi connectivity index (χ4n) is 1.68. The van der Waals surface area contributed by atoms with E-state index in [1.807, 2.05) is 13.8 Å². The maximum Gasteiger partial charge on any atom is 0.140 e. The molecule has 1 nitrogen and oxygen atoms in total. The normalized spacial score (nSPS) is 12.5. The Morgan fingerprint density at radius 2 is 1.93 bits per heavy atom. The van der Waals surface area contributed by atoms with Gasteiger partial charge < -0.3 is 0 Å². The van der Waals surface area contributed by atoms with E-state index in [9.17, 15) is 4.79 Å². The Labute approximate surface area is 92.5 Å². The average Bonchev–Trinajstić information content (AvgIpc) is 2.21. The number of Topliss-reactive ketones (excluding diaryl/α,β-unsaturated/α-hetero) is 1. The Bertz CT molecular complexity index is 352. The number of hydrogen-bond donors (Lipinski definition) is 0. The predicted octanol–water partition coefficient (Wildman–Crippen LogP) is 3.78. The zero-order chi connectivity index (χ0) is 11.4. The standard InChI is InChI=1S/C14H20O/c1-5-6-14(15)12(4)13-8-7-10(2)11(3)9-13/h7-9,12H,5-6H2,1-4H3. The summed E-state index contributed by atoms with van der Waals surface area (Å²) in [7, 11) is 0. The first-order chi connectivity index (χ1) is 7.06. The van der Waals surface area contributed by atoms with E-state index in [4.69, 9.17) is 0 Å². The molecular formula is C14H20O. The molecule has 82 valence electrons. The molecule has 1 atom stereocenters. The first-order valence-corrected chi connectivity index (χ1v) is 5.66. The van der Waals surface area contributed by atoms with Gasteiger partial charge in [-0.1, -0.05) is 32.0 Å². The third-order valence-corrected chi connectivity index (χ3v) is 3.01. The predicted molar refractivity (Wildman–Crippen MR) is 64.2 cm³/mol. The summed E-state index contributed by atoms with van der Waals surface area (Å²) in [6.45, 7) is 8.24. The van der Waals surface area contributed by atoms with Crippen molar-refractivity contribution in [2.45, 2.75) is 46.5 Å². The van der Waals surface area contributed by atoms with E-state index in [1.54, 1.807) is 0 Å². The number of hydrogen-bond acceptors (Lipinski definition) is 1. The zero-order valence-electron chi connectivity index (χ0n) is 10.1. The number of ketones is 1. The van der Waals surface area contributed by atoms with Crippen LogP contribution in [0.25, 0.3) is 0 Å². The molecule has 0 fully saturated rings. The van der Waals surface area contributed by atoms with E-state index < -0.39 is 0 Å². The lowest BCUT2D eigenvalue weighted by molar-refractivity contribution is -0.120. The average molecular weight is 204 g/mol. The number of carbonyl (C=O) groups excluding carboxylic acids is 1. The molecule has 0 saturated heterocycles. The van der Waals surface area contributed by atoms with Gasteiger partial charge in [-0.3, -0.25) is 4.79 Å². The SMILES string of the molecule is CCCC(=O)C(C)c1ccc(C)c(C)c1. The van der Waals surface area contributed by atoms with Gasteiger partial charge in [0.05, 0.1) is 0 Å². The van der Waals surface area contributed by atoms with Crippen molar-refractivity contribution < 1.29 is 4.79 Å². The Morgan fingerprint density at radius 1 is 1.27 bits per heavy atom. The minimum absolute atomic E-state index is 0.0456. The molecule has 1 aromatic carbocycles. The maximum absolute atomic E-state index is 11.7. The maximum atomic E-state index is 11.7. The van der Waals surface area contributed by atoms with Crippen LogP contribution < -0.4 is 0 Å². The molecule has 15 heavy (non-hydrogen) atoms. The van der Waals surface area contributed by atoms with Gasteiger partial charge in [0.2, 0.25) is 0 Å². The summed E-state index contributed by atoms with van der Waals surface area (Å²) in [5.74, 6) is 0.394. The molecule has 0 N–H and O–H groups in total. The van der Waals surface area contributed by atoms with Crippen molar-refractivity contribution in [2.75, 3.05) is 0 Å². The zero-order valence-corrected chi connectivity index (χ0v) is 10.1. The second-order valence-corrected chi connectivity index (χ2v) is 4.28. The number of carbonyl (C=O) groups is 1. The molecule has 0 aliphatic carbocycles. The summed E-state index contributed by atoms with van der Waals surface area (Å²) in [4.78, 5) is 11.7. The monoisotopic (exact) mass is 204 g/mol. The van der Waals surface area contributed by atoms with Crippen LogP contribution in [0.3, 0.4) is 0 Å². The van der Waals surface area contributed by atoms with Crippen molar-refractivity contribution in [1.82, 2.24) is 0 Å². The quantitative estimate of drug-likeness (QED) is 0.729. The summed E-state index contributed by atoms with van der Waals surface area (Å²) in [5, 5.41) is 0. The van der Waals surface area contributed by atoms with Gasteiger partial charge in [0.15, 0.2) is 0 Å². The molecule has 1 unspecified atom stereocenters. The van der Waals surface area contributed by atoms with Crippen LogP contribution in [0.4, 0.5) is 0 Å². The smallest absolute Gasteiger partial charge is 0.140 e. The summed E-state index contributed by atoms with van der Waals surface area (Å²) in [6, 6.07) is 6.30. The van der Waals surface area contributed by atoms with Crippen LogP contribution in [-0.2, 0) is 4.79 Å². The van der Waals surface area contributed by atoms with Gasteiger partial charge in [0, 0.05) is 12.3 Å². The molecule has 0 radical (unpaired) electrons. The molecule has 1 heteroatoms. The number of benzene rings is 1. The minimum Gasteiger partial charge on any atom is -0.299 e. The van der Waals surface area contributed by atoms with Crippen LogP contribution in [0, 0.1) is 13.8 Å². The van der Waals surface area contributed by atoms with Gasteiger partial charge in [0.1, 0.15) is 5.78 Å². The molecule has 1 rings (SSSR count). The van der Waals surface area contributed by atoms with Crippen LogP contribution in [-0.4, -0.2) is 5.78 Å². The molecule has 0 aliphatic rings. The molecule has 1 aromatic rings. The molecular weight excluding hydrogens is 184 g/mol. The van der Waals surface area contributed by atoms with Gasteiger partial charge in [0.25, 0.3) is 0 Å². The van der Waals surface area contributed by atoms with E-state index in [2.05, 4.69) is 32.0 Å². The minimum atomic E-state index is 0.0456. The molecule has 0 aromatic heterocycles. The van der Waals surface area contributed by atoms with Crippen molar-refractivity contribution in [1.29, 1.82) is 0 Å². The number of aryl methyl sites for hydroxylation is 2. The van der Waals surface area contributed by atoms with Crippen LogP contribution >= 0.6 is 0 Å². The third-order valence-electron chi connectivity index (χ3n) is 3.01. The van der Waals surface area contributed by atoms with E-state index in [0.717, 1.165) is 12.0 Å². The van der Waals surface area contributed by atoms with Gasteiger partial charge in [-0.25, -0.2) is 0 Å². The van der Waals surface area contributed by atoms with Gasteiger partial charge in [-0.05, 0) is 37.0 Å². The Kier molecular flexibility index (Phi) is 4.07. The fraction of sp³-hybridized carbons (Fsp3) is 0.500. The van der Waals surface area contributed by atoms with Crippen LogP contribution in [0.1, 0.15) is 49.3 Å². The van der Waals surface area contributed by atoms with E-state index in [-0.39, 0.29) is 5.92 Å². The highest BCUT2D eigenvalue weighted by Gasteiger charge is 2.14.